The first-order chi connectivity index (χ1) is 9.40. The zero-order valence-electron chi connectivity index (χ0n) is 11.5. The fourth-order valence-corrected chi connectivity index (χ4v) is 4.22. The van der Waals surface area contributed by atoms with Gasteiger partial charge in [-0.05, 0) is 18.8 Å². The van der Waals surface area contributed by atoms with E-state index in [4.69, 9.17) is 4.74 Å². The van der Waals surface area contributed by atoms with Gasteiger partial charge < -0.3 is 14.9 Å². The van der Waals surface area contributed by atoms with Crippen LogP contribution in [0.15, 0.2) is 12.2 Å². The van der Waals surface area contributed by atoms with Crippen molar-refractivity contribution in [1.29, 1.82) is 0 Å². The molecule has 1 saturated heterocycles. The molecule has 5 heteroatoms. The van der Waals surface area contributed by atoms with Gasteiger partial charge in [-0.25, -0.2) is 4.79 Å². The van der Waals surface area contributed by atoms with E-state index in [1.165, 1.54) is 0 Å². The van der Waals surface area contributed by atoms with Gasteiger partial charge in [-0.15, -0.1) is 0 Å². The minimum atomic E-state index is -1.83. The van der Waals surface area contributed by atoms with Crippen molar-refractivity contribution < 1.29 is 24.5 Å². The number of carbonyl (C=O) groups is 2. The number of aliphatic hydroxyl groups is 2. The van der Waals surface area contributed by atoms with Gasteiger partial charge in [0.05, 0.1) is 6.61 Å². The van der Waals surface area contributed by atoms with Crippen molar-refractivity contribution in [3.05, 3.63) is 12.2 Å². The van der Waals surface area contributed by atoms with E-state index in [0.29, 0.717) is 19.3 Å². The van der Waals surface area contributed by atoms with E-state index in [-0.39, 0.29) is 23.5 Å². The van der Waals surface area contributed by atoms with Crippen LogP contribution in [0.2, 0.25) is 0 Å². The van der Waals surface area contributed by atoms with Crippen LogP contribution in [0.3, 0.4) is 0 Å². The Morgan fingerprint density at radius 1 is 1.45 bits per heavy atom. The van der Waals surface area contributed by atoms with Crippen molar-refractivity contribution in [2.24, 2.45) is 23.7 Å². The van der Waals surface area contributed by atoms with Crippen LogP contribution < -0.4 is 0 Å². The molecule has 0 aromatic carbocycles. The summed E-state index contributed by atoms with van der Waals surface area (Å²) in [6, 6.07) is 0. The molecule has 5 nitrogen and oxygen atoms in total. The fourth-order valence-electron chi connectivity index (χ4n) is 4.22. The van der Waals surface area contributed by atoms with Gasteiger partial charge in [0.1, 0.15) is 11.9 Å². The van der Waals surface area contributed by atoms with Crippen LogP contribution in [0.5, 0.6) is 0 Å². The number of carbonyl (C=O) groups excluding carboxylic acids is 2. The van der Waals surface area contributed by atoms with Crippen molar-refractivity contribution in [2.75, 3.05) is 6.61 Å². The molecule has 110 valence electrons. The lowest BCUT2D eigenvalue weighted by atomic mass is 9.76. The van der Waals surface area contributed by atoms with Crippen LogP contribution in [-0.2, 0) is 14.3 Å². The second-order valence-electron chi connectivity index (χ2n) is 6.40. The number of rotatable bonds is 1. The van der Waals surface area contributed by atoms with Crippen LogP contribution in [0, 0.1) is 23.7 Å². The van der Waals surface area contributed by atoms with Crippen LogP contribution in [-0.4, -0.2) is 40.3 Å². The van der Waals surface area contributed by atoms with E-state index in [2.05, 4.69) is 6.58 Å². The number of ether oxygens (including phenoxy) is 1. The quantitative estimate of drug-likeness (QED) is 0.538. The third-order valence-corrected chi connectivity index (χ3v) is 5.50. The predicted octanol–water partition coefficient (Wildman–Crippen LogP) is 0.443. The second kappa shape index (κ2) is 4.40. The summed E-state index contributed by atoms with van der Waals surface area (Å²) in [5.74, 6) is -1.34. The zero-order chi connectivity index (χ0) is 14.7. The molecule has 2 aliphatic carbocycles. The molecule has 1 aliphatic heterocycles. The Bertz CT molecular complexity index is 485. The molecule has 0 aromatic rings. The Labute approximate surface area is 117 Å². The summed E-state index contributed by atoms with van der Waals surface area (Å²) in [7, 11) is 0. The summed E-state index contributed by atoms with van der Waals surface area (Å²) in [5.41, 5.74) is -0.830. The monoisotopic (exact) mass is 280 g/mol. The summed E-state index contributed by atoms with van der Waals surface area (Å²) in [6.45, 7) is 5.28. The normalized spacial score (nSPS) is 47.8. The maximum absolute atomic E-state index is 12.0. The van der Waals surface area contributed by atoms with E-state index in [1.54, 1.807) is 0 Å². The Morgan fingerprint density at radius 3 is 2.80 bits per heavy atom. The SMILES string of the molecule is C=C1CC[C@@H]2[C@H](OC(=O)[C@]2(O)CO)[C@H]2[C@H](C)C(=O)C[C@@H]12. The number of fused-ring (bicyclic) bond motifs is 3. The van der Waals surface area contributed by atoms with Crippen molar-refractivity contribution in [2.45, 2.75) is 37.9 Å². The lowest BCUT2D eigenvalue weighted by Gasteiger charge is -2.29. The third-order valence-electron chi connectivity index (χ3n) is 5.50. The van der Waals surface area contributed by atoms with Crippen molar-refractivity contribution in [3.8, 4) is 0 Å². The third kappa shape index (κ3) is 1.63. The largest absolute Gasteiger partial charge is 0.459 e. The molecule has 0 amide bonds. The molecule has 3 aliphatic rings. The summed E-state index contributed by atoms with van der Waals surface area (Å²) in [4.78, 5) is 23.9. The van der Waals surface area contributed by atoms with Gasteiger partial charge in [0.15, 0.2) is 5.60 Å². The number of allylic oxidation sites excluding steroid dienone is 1. The average Bonchev–Trinajstić information content (AvgIpc) is 2.79. The van der Waals surface area contributed by atoms with Gasteiger partial charge in [0.2, 0.25) is 0 Å². The molecular weight excluding hydrogens is 260 g/mol. The molecule has 0 spiro atoms. The highest BCUT2D eigenvalue weighted by atomic mass is 16.6. The highest BCUT2D eigenvalue weighted by molar-refractivity contribution is 5.86. The number of hydrogen-bond acceptors (Lipinski definition) is 5. The number of Topliss-reactive ketones (excluding diaryl/α,β-unsaturated/α-hetero) is 1. The Balaban J connectivity index is 2.02. The number of hydrogen-bond donors (Lipinski definition) is 2. The zero-order valence-corrected chi connectivity index (χ0v) is 11.5. The smallest absolute Gasteiger partial charge is 0.341 e. The summed E-state index contributed by atoms with van der Waals surface area (Å²) < 4.78 is 5.39. The van der Waals surface area contributed by atoms with Gasteiger partial charge in [-0.2, -0.15) is 0 Å². The predicted molar refractivity (Wildman–Crippen MR) is 69.5 cm³/mol. The Hall–Kier alpha value is -1.20. The summed E-state index contributed by atoms with van der Waals surface area (Å²) in [6.07, 6.45) is 1.16. The molecule has 6 atom stereocenters. The second-order valence-corrected chi connectivity index (χ2v) is 6.40. The first-order valence-electron chi connectivity index (χ1n) is 7.15. The lowest BCUT2D eigenvalue weighted by molar-refractivity contribution is -0.160. The van der Waals surface area contributed by atoms with Crippen molar-refractivity contribution >= 4 is 11.8 Å². The molecule has 0 aromatic heterocycles. The highest BCUT2D eigenvalue weighted by Gasteiger charge is 2.62. The maximum atomic E-state index is 12.0. The molecule has 0 radical (unpaired) electrons. The van der Waals surface area contributed by atoms with Crippen molar-refractivity contribution in [1.82, 2.24) is 0 Å². The topological polar surface area (TPSA) is 83.8 Å². The van der Waals surface area contributed by atoms with Gasteiger partial charge in [0, 0.05) is 24.2 Å². The van der Waals surface area contributed by atoms with Crippen LogP contribution >= 0.6 is 0 Å². The maximum Gasteiger partial charge on any atom is 0.341 e. The number of aliphatic hydroxyl groups excluding tert-OH is 1. The summed E-state index contributed by atoms with van der Waals surface area (Å²) in [5, 5.41) is 19.8. The first-order valence-corrected chi connectivity index (χ1v) is 7.15. The highest BCUT2D eigenvalue weighted by Crippen LogP contribution is 2.52. The molecule has 20 heavy (non-hydrogen) atoms. The Morgan fingerprint density at radius 2 is 2.15 bits per heavy atom. The average molecular weight is 280 g/mol. The summed E-state index contributed by atoms with van der Waals surface area (Å²) >= 11 is 0. The number of ketones is 1. The van der Waals surface area contributed by atoms with Crippen LogP contribution in [0.4, 0.5) is 0 Å². The van der Waals surface area contributed by atoms with E-state index in [9.17, 15) is 19.8 Å². The number of esters is 1. The minimum absolute atomic E-state index is 0.0290. The lowest BCUT2D eigenvalue weighted by Crippen LogP contribution is -2.46. The Kier molecular flexibility index (Phi) is 3.03. The van der Waals surface area contributed by atoms with Gasteiger partial charge in [0.25, 0.3) is 0 Å². The van der Waals surface area contributed by atoms with E-state index >= 15 is 0 Å². The van der Waals surface area contributed by atoms with Gasteiger partial charge in [-0.1, -0.05) is 19.1 Å². The standard InChI is InChI=1S/C15H20O5/c1-7-3-4-10-13(20-14(18)15(10,19)6-16)12-8(2)11(17)5-9(7)12/h8-10,12-13,16,19H,1,3-6H2,2H3/t8-,9+,10-,12+,13+,15+/m1/s1. The van der Waals surface area contributed by atoms with E-state index < -0.39 is 30.2 Å². The fraction of sp³-hybridized carbons (Fsp3) is 0.733. The molecule has 3 fully saturated rings. The molecule has 0 bridgehead atoms. The van der Waals surface area contributed by atoms with Crippen LogP contribution in [0.1, 0.15) is 26.2 Å². The minimum Gasteiger partial charge on any atom is -0.459 e. The van der Waals surface area contributed by atoms with Gasteiger partial charge in [-0.3, -0.25) is 4.79 Å². The first kappa shape index (κ1) is 13.8. The molecular formula is C15H20O5. The van der Waals surface area contributed by atoms with E-state index in [1.807, 2.05) is 6.92 Å². The van der Waals surface area contributed by atoms with E-state index in [0.717, 1.165) is 5.57 Å². The molecule has 2 saturated carbocycles. The molecule has 3 rings (SSSR count). The molecule has 0 unspecified atom stereocenters. The van der Waals surface area contributed by atoms with Crippen LogP contribution in [0.25, 0.3) is 0 Å². The molecule has 2 N–H and O–H groups in total. The van der Waals surface area contributed by atoms with Gasteiger partial charge >= 0.3 is 5.97 Å². The molecule has 1 heterocycles. The van der Waals surface area contributed by atoms with Crippen molar-refractivity contribution in [3.63, 3.8) is 0 Å².